The third-order valence-corrected chi connectivity index (χ3v) is 7.12. The van der Waals surface area contributed by atoms with Crippen LogP contribution in [0.15, 0.2) is 0 Å². The van der Waals surface area contributed by atoms with Crippen LogP contribution in [0.2, 0.25) is 0 Å². The van der Waals surface area contributed by atoms with Crippen LogP contribution in [0.3, 0.4) is 0 Å². The largest absolute Gasteiger partial charge is 0.0651 e. The van der Waals surface area contributed by atoms with E-state index in [0.29, 0.717) is 0 Å². The Kier molecular flexibility index (Phi) is 2.27. The third-order valence-electron chi connectivity index (χ3n) is 7.12. The van der Waals surface area contributed by atoms with Gasteiger partial charge in [-0.2, -0.15) is 0 Å². The fourth-order valence-corrected chi connectivity index (χ4v) is 5.27. The molecule has 8 atom stereocenters. The molecule has 3 aliphatic rings. The first-order valence-electron chi connectivity index (χ1n) is 7.53. The molecule has 0 aromatic carbocycles. The van der Waals surface area contributed by atoms with Crippen molar-refractivity contribution >= 4 is 0 Å². The molecule has 8 unspecified atom stereocenters. The van der Waals surface area contributed by atoms with Gasteiger partial charge in [-0.25, -0.2) is 0 Å². The van der Waals surface area contributed by atoms with Crippen LogP contribution in [-0.4, -0.2) is 0 Å². The minimum absolute atomic E-state index is 0.801. The topological polar surface area (TPSA) is 0 Å². The summed E-state index contributed by atoms with van der Waals surface area (Å²) < 4.78 is 0. The highest BCUT2D eigenvalue weighted by atomic mass is 14.9. The zero-order chi connectivity index (χ0) is 11.7. The molecule has 0 amide bonds. The molecule has 0 saturated heterocycles. The highest BCUT2D eigenvalue weighted by molar-refractivity contribution is 5.29. The number of fused-ring (bicyclic) bond motifs is 1. The summed E-state index contributed by atoms with van der Waals surface area (Å²) in [5.74, 6) is 7.44. The zero-order valence-corrected chi connectivity index (χ0v) is 11.7. The van der Waals surface area contributed by atoms with E-state index in [1.54, 1.807) is 0 Å². The Morgan fingerprint density at radius 3 is 2.12 bits per heavy atom. The van der Waals surface area contributed by atoms with Crippen LogP contribution in [0.5, 0.6) is 0 Å². The maximum absolute atomic E-state index is 2.56. The summed E-state index contributed by atoms with van der Waals surface area (Å²) in [5.41, 5.74) is 0.801. The van der Waals surface area contributed by atoms with Crippen molar-refractivity contribution in [2.24, 2.45) is 46.8 Å². The first kappa shape index (κ1) is 11.1. The second kappa shape index (κ2) is 3.27. The van der Waals surface area contributed by atoms with E-state index in [9.17, 15) is 0 Å². The Morgan fingerprint density at radius 2 is 1.75 bits per heavy atom. The van der Waals surface area contributed by atoms with E-state index < -0.39 is 0 Å². The molecule has 0 N–H and O–H groups in total. The Hall–Kier alpha value is 0. The fourth-order valence-electron chi connectivity index (χ4n) is 5.27. The van der Waals surface area contributed by atoms with Crippen molar-refractivity contribution in [3.8, 4) is 0 Å². The lowest BCUT2D eigenvalue weighted by Crippen LogP contribution is -2.38. The highest BCUT2D eigenvalue weighted by Crippen LogP contribution is 2.86. The van der Waals surface area contributed by atoms with Gasteiger partial charge in [0.1, 0.15) is 0 Å². The van der Waals surface area contributed by atoms with E-state index in [0.717, 1.165) is 46.8 Å². The molecule has 0 bridgehead atoms. The lowest BCUT2D eigenvalue weighted by molar-refractivity contribution is 0.0379. The van der Waals surface area contributed by atoms with Gasteiger partial charge >= 0.3 is 0 Å². The highest BCUT2D eigenvalue weighted by Gasteiger charge is 2.82. The van der Waals surface area contributed by atoms with Gasteiger partial charge in [0.05, 0.1) is 0 Å². The summed E-state index contributed by atoms with van der Waals surface area (Å²) in [6, 6.07) is 0. The quantitative estimate of drug-likeness (QED) is 0.649. The number of hydrogen-bond acceptors (Lipinski definition) is 0. The van der Waals surface area contributed by atoms with Crippen LogP contribution < -0.4 is 0 Å². The van der Waals surface area contributed by atoms with Crippen molar-refractivity contribution in [1.82, 2.24) is 0 Å². The van der Waals surface area contributed by atoms with E-state index in [1.807, 2.05) is 0 Å². The molecule has 92 valence electrons. The molecule has 3 rings (SSSR count). The van der Waals surface area contributed by atoms with Gasteiger partial charge in [0.15, 0.2) is 0 Å². The van der Waals surface area contributed by atoms with Gasteiger partial charge in [-0.1, -0.05) is 41.0 Å². The Morgan fingerprint density at radius 1 is 1.19 bits per heavy atom. The van der Waals surface area contributed by atoms with Crippen LogP contribution in [-0.2, 0) is 0 Å². The van der Waals surface area contributed by atoms with Crippen LogP contribution in [0.1, 0.15) is 53.9 Å². The maximum atomic E-state index is 2.56. The summed E-state index contributed by atoms with van der Waals surface area (Å²) >= 11 is 0. The lowest BCUT2D eigenvalue weighted by atomic mass is 9.60. The summed E-state index contributed by atoms with van der Waals surface area (Å²) in [4.78, 5) is 0. The second-order valence-electron chi connectivity index (χ2n) is 7.36. The van der Waals surface area contributed by atoms with E-state index in [2.05, 4.69) is 34.6 Å². The Balaban J connectivity index is 1.59. The van der Waals surface area contributed by atoms with Gasteiger partial charge in [-0.05, 0) is 59.7 Å². The number of hydrogen-bond donors (Lipinski definition) is 0. The first-order valence-corrected chi connectivity index (χ1v) is 7.53. The van der Waals surface area contributed by atoms with Crippen LogP contribution in [0.25, 0.3) is 0 Å². The molecule has 0 spiro atoms. The molecule has 3 saturated carbocycles. The molecule has 16 heavy (non-hydrogen) atoms. The lowest BCUT2D eigenvalue weighted by Gasteiger charge is -2.45. The van der Waals surface area contributed by atoms with Crippen LogP contribution >= 0.6 is 0 Å². The van der Waals surface area contributed by atoms with Gasteiger partial charge in [-0.15, -0.1) is 0 Å². The first-order chi connectivity index (χ1) is 7.53. The summed E-state index contributed by atoms with van der Waals surface area (Å²) in [5, 5.41) is 0. The van der Waals surface area contributed by atoms with Crippen molar-refractivity contribution < 1.29 is 0 Å². The van der Waals surface area contributed by atoms with E-state index in [-0.39, 0.29) is 0 Å². The van der Waals surface area contributed by atoms with E-state index >= 15 is 0 Å². The van der Waals surface area contributed by atoms with Crippen LogP contribution in [0.4, 0.5) is 0 Å². The average Bonchev–Trinajstić information content (AvgIpc) is 2.99. The van der Waals surface area contributed by atoms with Gasteiger partial charge in [-0.3, -0.25) is 0 Å². The molecule has 0 aromatic rings. The van der Waals surface area contributed by atoms with Gasteiger partial charge in [0, 0.05) is 0 Å². The summed E-state index contributed by atoms with van der Waals surface area (Å²) in [6.07, 6.45) is 4.44. The van der Waals surface area contributed by atoms with Gasteiger partial charge in [0.25, 0.3) is 0 Å². The zero-order valence-electron chi connectivity index (χ0n) is 11.7. The van der Waals surface area contributed by atoms with Gasteiger partial charge in [0.2, 0.25) is 0 Å². The average molecular weight is 220 g/mol. The van der Waals surface area contributed by atoms with Crippen molar-refractivity contribution in [3.05, 3.63) is 0 Å². The molecule has 0 radical (unpaired) electrons. The van der Waals surface area contributed by atoms with Crippen molar-refractivity contribution in [3.63, 3.8) is 0 Å². The van der Waals surface area contributed by atoms with Crippen LogP contribution in [0, 0.1) is 46.8 Å². The normalized spacial score (nSPS) is 57.2. The van der Waals surface area contributed by atoms with Crippen molar-refractivity contribution in [2.75, 3.05) is 0 Å². The molecule has 3 aliphatic carbocycles. The molecule has 0 heteroatoms. The van der Waals surface area contributed by atoms with E-state index in [1.165, 1.54) is 19.3 Å². The minimum atomic E-state index is 0.801. The molecular weight excluding hydrogens is 192 g/mol. The summed E-state index contributed by atoms with van der Waals surface area (Å²) in [6.45, 7) is 12.4. The monoisotopic (exact) mass is 220 g/mol. The minimum Gasteiger partial charge on any atom is -0.0651 e. The molecule has 0 nitrogen and oxygen atoms in total. The molecule has 0 heterocycles. The third kappa shape index (κ3) is 1.17. The molecule has 0 aromatic heterocycles. The standard InChI is InChI=1S/C16H28/c1-6-9(2)12-7-8-13(12)10(3)14-15-11(4)16(14,15)5/h9-15H,6-8H2,1-5H3. The maximum Gasteiger partial charge on any atom is -0.0229 e. The molecular formula is C16H28. The Bertz CT molecular complexity index is 290. The number of rotatable bonds is 4. The Labute approximate surface area is 101 Å². The predicted molar refractivity (Wildman–Crippen MR) is 69.1 cm³/mol. The SMILES string of the molecule is CCC(C)C1CCC1C(C)C1C2C(C)C12C. The summed E-state index contributed by atoms with van der Waals surface area (Å²) in [7, 11) is 0. The smallest absolute Gasteiger partial charge is 0.0229 e. The van der Waals surface area contributed by atoms with Crippen molar-refractivity contribution in [1.29, 1.82) is 0 Å². The van der Waals surface area contributed by atoms with Gasteiger partial charge < -0.3 is 0 Å². The molecule has 0 aliphatic heterocycles. The van der Waals surface area contributed by atoms with Crippen molar-refractivity contribution in [2.45, 2.75) is 53.9 Å². The second-order valence-corrected chi connectivity index (χ2v) is 7.36. The van der Waals surface area contributed by atoms with E-state index in [4.69, 9.17) is 0 Å². The predicted octanol–water partition coefficient (Wildman–Crippen LogP) is 4.60. The fraction of sp³-hybridized carbons (Fsp3) is 1.00. The molecule has 3 fully saturated rings.